The Morgan fingerprint density at radius 2 is 2.00 bits per heavy atom. The van der Waals surface area contributed by atoms with Crippen molar-refractivity contribution in [1.82, 2.24) is 9.97 Å². The van der Waals surface area contributed by atoms with Crippen molar-refractivity contribution in [3.8, 4) is 11.8 Å². The fraction of sp³-hybridized carbons (Fsp3) is 0.714. The van der Waals surface area contributed by atoms with Crippen LogP contribution in [0, 0.1) is 11.8 Å². The third-order valence-corrected chi connectivity index (χ3v) is 3.51. The highest BCUT2D eigenvalue weighted by Gasteiger charge is 2.26. The van der Waals surface area contributed by atoms with Gasteiger partial charge in [0.25, 0.3) is 0 Å². The van der Waals surface area contributed by atoms with Crippen molar-refractivity contribution in [3.63, 3.8) is 0 Å². The van der Waals surface area contributed by atoms with E-state index in [0.717, 1.165) is 6.54 Å². The quantitative estimate of drug-likeness (QED) is 0.852. The maximum atomic E-state index is 5.77. The summed E-state index contributed by atoms with van der Waals surface area (Å²) in [4.78, 5) is 8.37. The summed E-state index contributed by atoms with van der Waals surface area (Å²) < 4.78 is 11.2. The monoisotopic (exact) mass is 265 g/mol. The highest BCUT2D eigenvalue weighted by Crippen LogP contribution is 2.31. The van der Waals surface area contributed by atoms with Gasteiger partial charge in [0, 0.05) is 0 Å². The first-order valence-corrected chi connectivity index (χ1v) is 7.00. The summed E-state index contributed by atoms with van der Waals surface area (Å²) in [5, 5.41) is 0. The van der Waals surface area contributed by atoms with Crippen LogP contribution in [0.3, 0.4) is 0 Å². The first kappa shape index (κ1) is 14.1. The molecule has 0 saturated heterocycles. The standard InChI is InChI=1S/C14H23N3O2/c1-10(2)19-14-8-16-7-13(17-14)18-9-12-5-3-4-11(12)6-15/h7-8,10-12H,3-6,9,15H2,1-2H3. The van der Waals surface area contributed by atoms with Crippen molar-refractivity contribution in [1.29, 1.82) is 0 Å². The predicted molar refractivity (Wildman–Crippen MR) is 73.2 cm³/mol. The molecule has 1 saturated carbocycles. The van der Waals surface area contributed by atoms with Crippen LogP contribution in [0.1, 0.15) is 33.1 Å². The lowest BCUT2D eigenvalue weighted by Gasteiger charge is -2.18. The lowest BCUT2D eigenvalue weighted by molar-refractivity contribution is 0.199. The van der Waals surface area contributed by atoms with E-state index in [1.54, 1.807) is 12.4 Å². The molecule has 2 N–H and O–H groups in total. The fourth-order valence-electron chi connectivity index (χ4n) is 2.53. The molecule has 0 bridgehead atoms. The Balaban J connectivity index is 1.88. The first-order chi connectivity index (χ1) is 9.19. The van der Waals surface area contributed by atoms with Crippen LogP contribution < -0.4 is 15.2 Å². The van der Waals surface area contributed by atoms with Gasteiger partial charge in [-0.2, -0.15) is 4.98 Å². The minimum atomic E-state index is 0.0843. The van der Waals surface area contributed by atoms with Crippen LogP contribution in [0.15, 0.2) is 12.4 Å². The van der Waals surface area contributed by atoms with Gasteiger partial charge in [0.05, 0.1) is 25.1 Å². The summed E-state index contributed by atoms with van der Waals surface area (Å²) in [5.74, 6) is 2.17. The fourth-order valence-corrected chi connectivity index (χ4v) is 2.53. The molecule has 1 heterocycles. The average molecular weight is 265 g/mol. The van der Waals surface area contributed by atoms with Crippen molar-refractivity contribution < 1.29 is 9.47 Å². The SMILES string of the molecule is CC(C)Oc1cncc(OCC2CCCC2CN)n1. The van der Waals surface area contributed by atoms with E-state index in [-0.39, 0.29) is 6.10 Å². The number of nitrogens with zero attached hydrogens (tertiary/aromatic N) is 2. The van der Waals surface area contributed by atoms with Gasteiger partial charge in [0.1, 0.15) is 0 Å². The molecule has 1 aromatic rings. The van der Waals surface area contributed by atoms with Gasteiger partial charge in [-0.1, -0.05) is 6.42 Å². The molecule has 106 valence electrons. The predicted octanol–water partition coefficient (Wildman–Crippen LogP) is 2.02. The molecule has 19 heavy (non-hydrogen) atoms. The van der Waals surface area contributed by atoms with Crippen LogP contribution in [0.5, 0.6) is 11.8 Å². The summed E-state index contributed by atoms with van der Waals surface area (Å²) in [6.45, 7) is 5.33. The molecular weight excluding hydrogens is 242 g/mol. The number of ether oxygens (including phenoxy) is 2. The maximum Gasteiger partial charge on any atom is 0.235 e. The molecule has 5 heteroatoms. The molecule has 2 rings (SSSR count). The van der Waals surface area contributed by atoms with Gasteiger partial charge in [0.2, 0.25) is 11.8 Å². The smallest absolute Gasteiger partial charge is 0.235 e. The molecular formula is C14H23N3O2. The summed E-state index contributed by atoms with van der Waals surface area (Å²) in [5.41, 5.74) is 5.77. The van der Waals surface area contributed by atoms with E-state index in [0.29, 0.717) is 30.2 Å². The minimum absolute atomic E-state index is 0.0843. The van der Waals surface area contributed by atoms with Crippen molar-refractivity contribution in [2.45, 2.75) is 39.2 Å². The Bertz CT molecular complexity index is 398. The van der Waals surface area contributed by atoms with E-state index in [4.69, 9.17) is 15.2 Å². The molecule has 0 aromatic carbocycles. The highest BCUT2D eigenvalue weighted by atomic mass is 16.5. The normalized spacial score (nSPS) is 22.7. The third-order valence-electron chi connectivity index (χ3n) is 3.51. The summed E-state index contributed by atoms with van der Waals surface area (Å²) in [7, 11) is 0. The van der Waals surface area contributed by atoms with E-state index in [2.05, 4.69) is 9.97 Å². The molecule has 1 aliphatic carbocycles. The molecule has 0 radical (unpaired) electrons. The van der Waals surface area contributed by atoms with Gasteiger partial charge in [-0.25, -0.2) is 0 Å². The highest BCUT2D eigenvalue weighted by molar-refractivity contribution is 5.12. The molecule has 5 nitrogen and oxygen atoms in total. The topological polar surface area (TPSA) is 70.3 Å². The van der Waals surface area contributed by atoms with Crippen LogP contribution in [0.4, 0.5) is 0 Å². The Morgan fingerprint density at radius 1 is 1.26 bits per heavy atom. The Kier molecular flexibility index (Phi) is 4.96. The number of hydrogen-bond donors (Lipinski definition) is 1. The molecule has 1 aliphatic rings. The first-order valence-electron chi connectivity index (χ1n) is 7.00. The summed E-state index contributed by atoms with van der Waals surface area (Å²) in [6, 6.07) is 0. The average Bonchev–Trinajstić information content (AvgIpc) is 2.83. The van der Waals surface area contributed by atoms with Gasteiger partial charge >= 0.3 is 0 Å². The molecule has 0 amide bonds. The van der Waals surface area contributed by atoms with Crippen LogP contribution in [-0.2, 0) is 0 Å². The number of nitrogens with two attached hydrogens (primary N) is 1. The van der Waals surface area contributed by atoms with E-state index in [9.17, 15) is 0 Å². The van der Waals surface area contributed by atoms with Crippen molar-refractivity contribution in [2.75, 3.05) is 13.2 Å². The summed E-state index contributed by atoms with van der Waals surface area (Å²) in [6.07, 6.45) is 6.97. The Hall–Kier alpha value is -1.36. The molecule has 2 unspecified atom stereocenters. The number of hydrogen-bond acceptors (Lipinski definition) is 5. The number of aromatic nitrogens is 2. The van der Waals surface area contributed by atoms with Gasteiger partial charge in [-0.15, -0.1) is 0 Å². The Morgan fingerprint density at radius 3 is 2.74 bits per heavy atom. The van der Waals surface area contributed by atoms with Crippen molar-refractivity contribution in [2.24, 2.45) is 17.6 Å². The molecule has 1 aromatic heterocycles. The lowest BCUT2D eigenvalue weighted by atomic mass is 9.97. The van der Waals surface area contributed by atoms with Crippen LogP contribution >= 0.6 is 0 Å². The zero-order valence-electron chi connectivity index (χ0n) is 11.7. The lowest BCUT2D eigenvalue weighted by Crippen LogP contribution is -2.23. The Labute approximate surface area is 114 Å². The minimum Gasteiger partial charge on any atom is -0.476 e. The van der Waals surface area contributed by atoms with E-state index >= 15 is 0 Å². The second-order valence-electron chi connectivity index (χ2n) is 5.36. The van der Waals surface area contributed by atoms with Crippen LogP contribution in [0.25, 0.3) is 0 Å². The van der Waals surface area contributed by atoms with E-state index < -0.39 is 0 Å². The van der Waals surface area contributed by atoms with Crippen molar-refractivity contribution in [3.05, 3.63) is 12.4 Å². The second-order valence-corrected chi connectivity index (χ2v) is 5.36. The number of rotatable bonds is 6. The van der Waals surface area contributed by atoms with Crippen LogP contribution in [-0.4, -0.2) is 29.2 Å². The van der Waals surface area contributed by atoms with Crippen LogP contribution in [0.2, 0.25) is 0 Å². The maximum absolute atomic E-state index is 5.77. The largest absolute Gasteiger partial charge is 0.476 e. The molecule has 1 fully saturated rings. The molecule has 0 aliphatic heterocycles. The van der Waals surface area contributed by atoms with E-state index in [1.165, 1.54) is 19.3 Å². The second kappa shape index (κ2) is 6.70. The van der Waals surface area contributed by atoms with Gasteiger partial charge in [-0.3, -0.25) is 4.98 Å². The third kappa shape index (κ3) is 4.06. The van der Waals surface area contributed by atoms with Crippen molar-refractivity contribution >= 4 is 0 Å². The molecule has 2 atom stereocenters. The molecule has 0 spiro atoms. The van der Waals surface area contributed by atoms with Gasteiger partial charge in [0.15, 0.2) is 0 Å². The zero-order valence-corrected chi connectivity index (χ0v) is 11.7. The van der Waals surface area contributed by atoms with Gasteiger partial charge in [-0.05, 0) is 45.1 Å². The summed E-state index contributed by atoms with van der Waals surface area (Å²) >= 11 is 0. The van der Waals surface area contributed by atoms with E-state index in [1.807, 2.05) is 13.8 Å². The zero-order chi connectivity index (χ0) is 13.7. The van der Waals surface area contributed by atoms with Gasteiger partial charge < -0.3 is 15.2 Å².